The average molecular weight is 427 g/mol. The van der Waals surface area contributed by atoms with E-state index in [0.717, 1.165) is 35.6 Å². The van der Waals surface area contributed by atoms with Crippen molar-refractivity contribution in [3.05, 3.63) is 40.5 Å². The number of carbonyl (C=O) groups is 1. The molecule has 160 valence electrons. The summed E-state index contributed by atoms with van der Waals surface area (Å²) in [7, 11) is 0. The molecule has 30 heavy (non-hydrogen) atoms. The van der Waals surface area contributed by atoms with Crippen molar-refractivity contribution in [3.63, 3.8) is 0 Å². The van der Waals surface area contributed by atoms with Gasteiger partial charge in [-0.3, -0.25) is 14.5 Å². The van der Waals surface area contributed by atoms with Crippen LogP contribution < -0.4 is 5.32 Å². The summed E-state index contributed by atoms with van der Waals surface area (Å²) in [5.41, 5.74) is 2.63. The molecule has 7 heteroatoms. The smallest absolute Gasteiger partial charge is 0.267 e. The number of anilines is 1. The number of fused-ring (bicyclic) bond motifs is 1. The Morgan fingerprint density at radius 1 is 1.27 bits per heavy atom. The van der Waals surface area contributed by atoms with Crippen molar-refractivity contribution in [1.82, 2.24) is 14.8 Å². The topological polar surface area (TPSA) is 80.0 Å². The normalized spacial score (nSPS) is 20.1. The molecule has 1 aromatic carbocycles. The van der Waals surface area contributed by atoms with E-state index in [1.165, 1.54) is 24.2 Å². The lowest BCUT2D eigenvalue weighted by Gasteiger charge is -2.30. The molecule has 0 bridgehead atoms. The van der Waals surface area contributed by atoms with E-state index in [0.29, 0.717) is 22.2 Å². The van der Waals surface area contributed by atoms with Crippen molar-refractivity contribution >= 4 is 33.8 Å². The van der Waals surface area contributed by atoms with Crippen molar-refractivity contribution in [3.8, 4) is 0 Å². The van der Waals surface area contributed by atoms with E-state index in [2.05, 4.69) is 35.0 Å². The number of amides is 1. The van der Waals surface area contributed by atoms with Crippen LogP contribution in [-0.2, 0) is 5.60 Å². The molecule has 0 aliphatic heterocycles. The minimum Gasteiger partial charge on any atom is -0.386 e. The first-order valence-corrected chi connectivity index (χ1v) is 11.6. The molecule has 1 aliphatic rings. The van der Waals surface area contributed by atoms with Crippen molar-refractivity contribution in [1.29, 1.82) is 0 Å². The van der Waals surface area contributed by atoms with Gasteiger partial charge in [0.25, 0.3) is 5.91 Å². The lowest BCUT2D eigenvalue weighted by atomic mass is 9.80. The second-order valence-corrected chi connectivity index (χ2v) is 10.1. The van der Waals surface area contributed by atoms with Gasteiger partial charge in [0.05, 0.1) is 28.9 Å². The van der Waals surface area contributed by atoms with Crippen LogP contribution in [-0.4, -0.2) is 25.8 Å². The van der Waals surface area contributed by atoms with Crippen LogP contribution in [0.2, 0.25) is 0 Å². The monoisotopic (exact) mass is 426 g/mol. The summed E-state index contributed by atoms with van der Waals surface area (Å²) >= 11 is 1.29. The number of aromatic nitrogens is 3. The van der Waals surface area contributed by atoms with Crippen LogP contribution in [0.5, 0.6) is 0 Å². The van der Waals surface area contributed by atoms with Gasteiger partial charge in [-0.15, -0.1) is 11.3 Å². The number of thiazole rings is 1. The van der Waals surface area contributed by atoms with E-state index < -0.39 is 5.60 Å². The largest absolute Gasteiger partial charge is 0.386 e. The Labute approximate surface area is 181 Å². The van der Waals surface area contributed by atoms with Gasteiger partial charge in [-0.25, -0.2) is 0 Å². The van der Waals surface area contributed by atoms with Crippen molar-refractivity contribution in [2.24, 2.45) is 11.8 Å². The summed E-state index contributed by atoms with van der Waals surface area (Å²) in [5, 5.41) is 19.5. The molecule has 2 aromatic heterocycles. The van der Waals surface area contributed by atoms with E-state index in [1.54, 1.807) is 25.6 Å². The Morgan fingerprint density at radius 2 is 2.00 bits per heavy atom. The maximum Gasteiger partial charge on any atom is 0.267 e. The maximum atomic E-state index is 12.6. The lowest BCUT2D eigenvalue weighted by molar-refractivity contribution is 0.0794. The summed E-state index contributed by atoms with van der Waals surface area (Å²) in [6, 6.07) is 4.23. The fraction of sp³-hybridized carbons (Fsp3) is 0.522. The first-order valence-electron chi connectivity index (χ1n) is 10.7. The van der Waals surface area contributed by atoms with Crippen LogP contribution in [0.4, 0.5) is 5.69 Å². The lowest BCUT2D eigenvalue weighted by Crippen LogP contribution is -2.21. The second-order valence-electron chi connectivity index (χ2n) is 9.26. The van der Waals surface area contributed by atoms with Crippen LogP contribution in [0.3, 0.4) is 0 Å². The number of aliphatic hydroxyl groups is 1. The number of carbonyl (C=O) groups excluding carboxylic acids is 1. The molecule has 0 saturated heterocycles. The zero-order valence-corrected chi connectivity index (χ0v) is 18.9. The highest BCUT2D eigenvalue weighted by molar-refractivity contribution is 7.11. The zero-order chi connectivity index (χ0) is 21.5. The van der Waals surface area contributed by atoms with Gasteiger partial charge in [0, 0.05) is 22.8 Å². The summed E-state index contributed by atoms with van der Waals surface area (Å²) in [6.45, 7) is 8.07. The Bertz CT molecular complexity index is 1030. The maximum absolute atomic E-state index is 12.6. The Hall–Kier alpha value is -2.25. The van der Waals surface area contributed by atoms with Gasteiger partial charge in [0.1, 0.15) is 4.88 Å². The molecule has 0 atom stereocenters. The molecule has 3 aromatic rings. The molecule has 2 heterocycles. The molecule has 0 spiro atoms. The van der Waals surface area contributed by atoms with Crippen LogP contribution >= 0.6 is 11.3 Å². The minimum atomic E-state index is -1.11. The number of hydrogen-bond donors (Lipinski definition) is 2. The molecule has 0 radical (unpaired) electrons. The molecule has 1 saturated carbocycles. The Morgan fingerprint density at radius 3 is 2.60 bits per heavy atom. The van der Waals surface area contributed by atoms with Gasteiger partial charge >= 0.3 is 0 Å². The molecule has 4 rings (SSSR count). The second kappa shape index (κ2) is 8.12. The van der Waals surface area contributed by atoms with Gasteiger partial charge in [-0.05, 0) is 63.5 Å². The van der Waals surface area contributed by atoms with Crippen molar-refractivity contribution in [2.45, 2.75) is 65.0 Å². The fourth-order valence-electron chi connectivity index (χ4n) is 4.43. The predicted molar refractivity (Wildman–Crippen MR) is 121 cm³/mol. The Kier molecular flexibility index (Phi) is 5.68. The average Bonchev–Trinajstić information content (AvgIpc) is 3.36. The molecular formula is C23H30N4O2S. The predicted octanol–water partition coefficient (Wildman–Crippen LogP) is 5.36. The van der Waals surface area contributed by atoms with E-state index in [4.69, 9.17) is 5.10 Å². The van der Waals surface area contributed by atoms with Crippen molar-refractivity contribution < 1.29 is 9.90 Å². The van der Waals surface area contributed by atoms with Gasteiger partial charge in [-0.1, -0.05) is 13.8 Å². The van der Waals surface area contributed by atoms with Gasteiger partial charge < -0.3 is 10.4 Å². The van der Waals surface area contributed by atoms with E-state index in [1.807, 2.05) is 12.1 Å². The van der Waals surface area contributed by atoms with Gasteiger partial charge in [0.15, 0.2) is 0 Å². The number of rotatable bonds is 5. The molecule has 2 N–H and O–H groups in total. The highest BCUT2D eigenvalue weighted by Crippen LogP contribution is 2.37. The molecule has 1 amide bonds. The first-order chi connectivity index (χ1) is 14.2. The SMILES string of the molecule is CC(C)C1CCC(n2cc3cc(NC(=O)c4cncs4)c(C(C)(C)O)cc3n2)CC1. The fourth-order valence-corrected chi connectivity index (χ4v) is 4.95. The number of nitrogens with zero attached hydrogens (tertiary/aromatic N) is 3. The quantitative estimate of drug-likeness (QED) is 0.575. The third kappa shape index (κ3) is 4.27. The highest BCUT2D eigenvalue weighted by atomic mass is 32.1. The van der Waals surface area contributed by atoms with Crippen LogP contribution in [0.1, 0.15) is 74.7 Å². The molecule has 0 unspecified atom stereocenters. The van der Waals surface area contributed by atoms with Gasteiger partial charge in [0.2, 0.25) is 0 Å². The first kappa shape index (κ1) is 21.0. The number of nitrogens with one attached hydrogen (secondary N) is 1. The number of benzene rings is 1. The summed E-state index contributed by atoms with van der Waals surface area (Å²) < 4.78 is 2.09. The molecule has 1 fully saturated rings. The van der Waals surface area contributed by atoms with Gasteiger partial charge in [-0.2, -0.15) is 5.10 Å². The van der Waals surface area contributed by atoms with Crippen molar-refractivity contribution in [2.75, 3.05) is 5.32 Å². The van der Waals surface area contributed by atoms with Crippen LogP contribution in [0.15, 0.2) is 30.0 Å². The van der Waals surface area contributed by atoms with Crippen LogP contribution in [0, 0.1) is 11.8 Å². The molecule has 1 aliphatic carbocycles. The third-order valence-electron chi connectivity index (χ3n) is 6.28. The highest BCUT2D eigenvalue weighted by Gasteiger charge is 2.27. The van der Waals surface area contributed by atoms with E-state index in [9.17, 15) is 9.90 Å². The summed E-state index contributed by atoms with van der Waals surface area (Å²) in [6.07, 6.45) is 8.39. The summed E-state index contributed by atoms with van der Waals surface area (Å²) in [5.74, 6) is 1.32. The Balaban J connectivity index is 1.64. The molecule has 6 nitrogen and oxygen atoms in total. The van der Waals surface area contributed by atoms with E-state index in [-0.39, 0.29) is 5.91 Å². The zero-order valence-electron chi connectivity index (χ0n) is 18.1. The standard InChI is InChI=1S/C23H30N4O2S/c1-14(2)15-5-7-17(8-6-15)27-12-16-9-20(25-22(28)21-11-24-13-30-21)18(23(3,4)29)10-19(16)26-27/h9-15,17,29H,5-8H2,1-4H3,(H,25,28). The summed E-state index contributed by atoms with van der Waals surface area (Å²) in [4.78, 5) is 17.1. The van der Waals surface area contributed by atoms with Crippen LogP contribution in [0.25, 0.3) is 10.9 Å². The minimum absolute atomic E-state index is 0.221. The third-order valence-corrected chi connectivity index (χ3v) is 7.05. The van der Waals surface area contributed by atoms with E-state index >= 15 is 0 Å². The number of hydrogen-bond acceptors (Lipinski definition) is 5. The molecular weight excluding hydrogens is 396 g/mol.